The number of hydrogen-bond acceptors (Lipinski definition) is 2. The third-order valence-corrected chi connectivity index (χ3v) is 3.09. The molecule has 0 aliphatic carbocycles. The van der Waals surface area contributed by atoms with Crippen LogP contribution in [0.25, 0.3) is 0 Å². The Morgan fingerprint density at radius 1 is 1.19 bits per heavy atom. The number of rotatable bonds is 5. The molecule has 0 atom stereocenters. The number of carbonyl (C=O) groups is 1. The molecule has 0 radical (unpaired) electrons. The highest BCUT2D eigenvalue weighted by molar-refractivity contribution is 6.31. The first-order valence-corrected chi connectivity index (χ1v) is 6.50. The van der Waals surface area contributed by atoms with Crippen LogP contribution in [-0.4, -0.2) is 12.5 Å². The highest BCUT2D eigenvalue weighted by Crippen LogP contribution is 2.17. The quantitative estimate of drug-likeness (QED) is 0.910. The van der Waals surface area contributed by atoms with E-state index in [0.29, 0.717) is 5.02 Å². The van der Waals surface area contributed by atoms with E-state index in [2.05, 4.69) is 10.1 Å². The number of nitrogens with one attached hydrogen (secondary N) is 1. The molecular weight excluding hydrogens is 300 g/mol. The highest BCUT2D eigenvalue weighted by atomic mass is 35.5. The Balaban J connectivity index is 2.02. The fourth-order valence-corrected chi connectivity index (χ4v) is 1.94. The SMILES string of the molecule is O=C(NCc1ccccc1Cl)c1cccc(OC(F)F)c1. The van der Waals surface area contributed by atoms with Crippen LogP contribution in [0, 0.1) is 0 Å². The fraction of sp³-hybridized carbons (Fsp3) is 0.133. The zero-order valence-corrected chi connectivity index (χ0v) is 11.6. The van der Waals surface area contributed by atoms with Gasteiger partial charge in [0.1, 0.15) is 5.75 Å². The summed E-state index contributed by atoms with van der Waals surface area (Å²) in [6, 6.07) is 12.7. The third-order valence-electron chi connectivity index (χ3n) is 2.72. The van der Waals surface area contributed by atoms with Crippen molar-refractivity contribution in [2.75, 3.05) is 0 Å². The Labute approximate surface area is 125 Å². The average molecular weight is 312 g/mol. The van der Waals surface area contributed by atoms with Crippen molar-refractivity contribution in [1.82, 2.24) is 5.32 Å². The Morgan fingerprint density at radius 2 is 1.95 bits per heavy atom. The van der Waals surface area contributed by atoms with Crippen LogP contribution in [0.4, 0.5) is 8.78 Å². The fourth-order valence-electron chi connectivity index (χ4n) is 1.73. The van der Waals surface area contributed by atoms with Gasteiger partial charge in [-0.2, -0.15) is 8.78 Å². The summed E-state index contributed by atoms with van der Waals surface area (Å²) in [6.45, 7) is -2.68. The molecule has 3 nitrogen and oxygen atoms in total. The van der Waals surface area contributed by atoms with Crippen molar-refractivity contribution in [2.45, 2.75) is 13.2 Å². The van der Waals surface area contributed by atoms with Crippen molar-refractivity contribution >= 4 is 17.5 Å². The highest BCUT2D eigenvalue weighted by Gasteiger charge is 2.10. The third kappa shape index (κ3) is 4.43. The summed E-state index contributed by atoms with van der Waals surface area (Å²) >= 11 is 5.98. The Morgan fingerprint density at radius 3 is 2.67 bits per heavy atom. The molecule has 0 aliphatic rings. The molecule has 2 aromatic carbocycles. The van der Waals surface area contributed by atoms with Crippen LogP contribution in [0.1, 0.15) is 15.9 Å². The molecule has 2 rings (SSSR count). The summed E-state index contributed by atoms with van der Waals surface area (Å²) in [5, 5.41) is 3.22. The number of alkyl halides is 2. The number of halogens is 3. The lowest BCUT2D eigenvalue weighted by molar-refractivity contribution is -0.0498. The predicted octanol–water partition coefficient (Wildman–Crippen LogP) is 3.87. The van der Waals surface area contributed by atoms with Gasteiger partial charge in [-0.05, 0) is 29.8 Å². The zero-order chi connectivity index (χ0) is 15.2. The molecule has 110 valence electrons. The topological polar surface area (TPSA) is 38.3 Å². The molecule has 6 heteroatoms. The minimum absolute atomic E-state index is 0.0598. The van der Waals surface area contributed by atoms with E-state index in [1.165, 1.54) is 24.3 Å². The van der Waals surface area contributed by atoms with Crippen LogP contribution < -0.4 is 10.1 Å². The molecule has 0 saturated heterocycles. The van der Waals surface area contributed by atoms with Gasteiger partial charge in [0.05, 0.1) is 0 Å². The van der Waals surface area contributed by atoms with E-state index in [0.717, 1.165) is 5.56 Å². The summed E-state index contributed by atoms with van der Waals surface area (Å²) in [5.74, 6) is -0.454. The molecule has 0 aromatic heterocycles. The maximum atomic E-state index is 12.1. The average Bonchev–Trinajstić information content (AvgIpc) is 2.45. The van der Waals surface area contributed by atoms with E-state index in [1.54, 1.807) is 18.2 Å². The molecule has 0 fully saturated rings. The molecule has 0 unspecified atom stereocenters. The number of amides is 1. The molecule has 0 aliphatic heterocycles. The maximum absolute atomic E-state index is 12.1. The molecule has 0 bridgehead atoms. The summed E-state index contributed by atoms with van der Waals surface area (Å²) in [6.07, 6.45) is 0. The summed E-state index contributed by atoms with van der Waals surface area (Å²) in [7, 11) is 0. The van der Waals surface area contributed by atoms with Gasteiger partial charge in [-0.1, -0.05) is 35.9 Å². The van der Waals surface area contributed by atoms with Crippen molar-refractivity contribution in [1.29, 1.82) is 0 Å². The van der Waals surface area contributed by atoms with Crippen LogP contribution in [0.15, 0.2) is 48.5 Å². The van der Waals surface area contributed by atoms with Gasteiger partial charge < -0.3 is 10.1 Å². The number of hydrogen-bond donors (Lipinski definition) is 1. The van der Waals surface area contributed by atoms with Gasteiger partial charge in [-0.15, -0.1) is 0 Å². The van der Waals surface area contributed by atoms with Gasteiger partial charge in [-0.25, -0.2) is 0 Å². The van der Waals surface area contributed by atoms with Gasteiger partial charge in [0, 0.05) is 17.1 Å². The lowest BCUT2D eigenvalue weighted by Crippen LogP contribution is -2.23. The van der Waals surface area contributed by atoms with E-state index in [1.807, 2.05) is 6.07 Å². The second-order valence-corrected chi connectivity index (χ2v) is 4.59. The maximum Gasteiger partial charge on any atom is 0.387 e. The van der Waals surface area contributed by atoms with Crippen molar-refractivity contribution < 1.29 is 18.3 Å². The Bertz CT molecular complexity index is 635. The molecule has 1 amide bonds. The van der Waals surface area contributed by atoms with Gasteiger partial charge in [0.15, 0.2) is 0 Å². The first-order chi connectivity index (χ1) is 10.1. The van der Waals surface area contributed by atoms with Gasteiger partial charge in [-0.3, -0.25) is 4.79 Å². The second kappa shape index (κ2) is 7.04. The van der Waals surface area contributed by atoms with E-state index in [-0.39, 0.29) is 17.9 Å². The van der Waals surface area contributed by atoms with Gasteiger partial charge in [0.25, 0.3) is 5.91 Å². The molecule has 21 heavy (non-hydrogen) atoms. The van der Waals surface area contributed by atoms with Crippen LogP contribution >= 0.6 is 11.6 Å². The Hall–Kier alpha value is -2.14. The largest absolute Gasteiger partial charge is 0.435 e. The first-order valence-electron chi connectivity index (χ1n) is 6.13. The lowest BCUT2D eigenvalue weighted by Gasteiger charge is -2.09. The Kier molecular flexibility index (Phi) is 5.11. The van der Waals surface area contributed by atoms with Crippen LogP contribution in [0.2, 0.25) is 5.02 Å². The molecule has 1 N–H and O–H groups in total. The van der Waals surface area contributed by atoms with E-state index < -0.39 is 12.5 Å². The zero-order valence-electron chi connectivity index (χ0n) is 10.9. The summed E-state index contributed by atoms with van der Waals surface area (Å²) in [5.41, 5.74) is 1.01. The monoisotopic (exact) mass is 311 g/mol. The number of ether oxygens (including phenoxy) is 1. The first kappa shape index (κ1) is 15.3. The van der Waals surface area contributed by atoms with Gasteiger partial charge >= 0.3 is 6.61 Å². The minimum atomic E-state index is -2.92. The minimum Gasteiger partial charge on any atom is -0.435 e. The number of benzene rings is 2. The van der Waals surface area contributed by atoms with Crippen molar-refractivity contribution in [3.8, 4) is 5.75 Å². The number of carbonyl (C=O) groups excluding carboxylic acids is 1. The molecule has 0 saturated carbocycles. The summed E-state index contributed by atoms with van der Waals surface area (Å²) in [4.78, 5) is 12.0. The lowest BCUT2D eigenvalue weighted by atomic mass is 10.2. The molecule has 0 spiro atoms. The summed E-state index contributed by atoms with van der Waals surface area (Å²) < 4.78 is 28.5. The second-order valence-electron chi connectivity index (χ2n) is 4.18. The van der Waals surface area contributed by atoms with E-state index in [9.17, 15) is 13.6 Å². The van der Waals surface area contributed by atoms with Crippen molar-refractivity contribution in [2.24, 2.45) is 0 Å². The standard InChI is InChI=1S/C15H12ClF2NO2/c16-13-7-2-1-4-11(13)9-19-14(20)10-5-3-6-12(8-10)21-15(17)18/h1-8,15H,9H2,(H,19,20). The van der Waals surface area contributed by atoms with Crippen LogP contribution in [0.5, 0.6) is 5.75 Å². The van der Waals surface area contributed by atoms with Crippen LogP contribution in [-0.2, 0) is 6.54 Å². The predicted molar refractivity (Wildman–Crippen MR) is 75.7 cm³/mol. The smallest absolute Gasteiger partial charge is 0.387 e. The van der Waals surface area contributed by atoms with Crippen molar-refractivity contribution in [3.05, 3.63) is 64.7 Å². The normalized spacial score (nSPS) is 10.5. The van der Waals surface area contributed by atoms with Crippen molar-refractivity contribution in [3.63, 3.8) is 0 Å². The molecule has 2 aromatic rings. The van der Waals surface area contributed by atoms with Gasteiger partial charge in [0.2, 0.25) is 0 Å². The molecule has 0 heterocycles. The van der Waals surface area contributed by atoms with Crippen LogP contribution in [0.3, 0.4) is 0 Å². The molecular formula is C15H12ClF2NO2. The van der Waals surface area contributed by atoms with E-state index in [4.69, 9.17) is 11.6 Å². The van der Waals surface area contributed by atoms with E-state index >= 15 is 0 Å².